The molecule has 0 saturated carbocycles. The van der Waals surface area contributed by atoms with Gasteiger partial charge in [0, 0.05) is 37.1 Å². The number of piperidine rings is 1. The second kappa shape index (κ2) is 6.36. The molecule has 0 bridgehead atoms. The Kier molecular flexibility index (Phi) is 4.47. The van der Waals surface area contributed by atoms with E-state index in [2.05, 4.69) is 4.98 Å². The molecule has 0 radical (unpaired) electrons. The molecule has 2 atom stereocenters. The van der Waals surface area contributed by atoms with Gasteiger partial charge in [-0.15, -0.1) is 11.3 Å². The highest BCUT2D eigenvalue weighted by Gasteiger charge is 2.40. The lowest BCUT2D eigenvalue weighted by Crippen LogP contribution is -2.43. The van der Waals surface area contributed by atoms with Gasteiger partial charge in [0.15, 0.2) is 0 Å². The van der Waals surface area contributed by atoms with Gasteiger partial charge >= 0.3 is 0 Å². The molecule has 120 valence electrons. The number of amides is 2. The molecule has 2 aliphatic heterocycles. The van der Waals surface area contributed by atoms with E-state index in [1.807, 2.05) is 29.0 Å². The Morgan fingerprint density at radius 3 is 2.86 bits per heavy atom. The molecular weight excluding hydrogens is 298 g/mol. The minimum Gasteiger partial charge on any atom is -0.339 e. The SMILES string of the molecule is CC(C)N1CC(C(=O)N2CCCCC2c2nccs2)CC1=O. The molecule has 2 amide bonds. The van der Waals surface area contributed by atoms with Gasteiger partial charge in [-0.25, -0.2) is 4.98 Å². The third-order valence-electron chi connectivity index (χ3n) is 4.65. The van der Waals surface area contributed by atoms with Crippen molar-refractivity contribution in [1.29, 1.82) is 0 Å². The van der Waals surface area contributed by atoms with Crippen LogP contribution >= 0.6 is 11.3 Å². The van der Waals surface area contributed by atoms with Gasteiger partial charge in [0.05, 0.1) is 12.0 Å². The maximum absolute atomic E-state index is 12.9. The first kappa shape index (κ1) is 15.5. The summed E-state index contributed by atoms with van der Waals surface area (Å²) in [7, 11) is 0. The second-order valence-corrected chi connectivity index (χ2v) is 7.38. The lowest BCUT2D eigenvalue weighted by molar-refractivity contribution is -0.139. The van der Waals surface area contributed by atoms with E-state index in [1.54, 1.807) is 17.5 Å². The summed E-state index contributed by atoms with van der Waals surface area (Å²) < 4.78 is 0. The Labute approximate surface area is 135 Å². The second-order valence-electron chi connectivity index (χ2n) is 6.45. The molecule has 0 spiro atoms. The zero-order valence-corrected chi connectivity index (χ0v) is 14.0. The van der Waals surface area contributed by atoms with Gasteiger partial charge < -0.3 is 9.80 Å². The summed E-state index contributed by atoms with van der Waals surface area (Å²) in [6.07, 6.45) is 5.32. The molecule has 3 rings (SSSR count). The molecule has 0 aromatic carbocycles. The van der Waals surface area contributed by atoms with Crippen molar-refractivity contribution >= 4 is 23.2 Å². The van der Waals surface area contributed by atoms with Crippen LogP contribution < -0.4 is 0 Å². The number of hydrogen-bond acceptors (Lipinski definition) is 4. The van der Waals surface area contributed by atoms with E-state index in [0.717, 1.165) is 30.8 Å². The Morgan fingerprint density at radius 2 is 2.23 bits per heavy atom. The van der Waals surface area contributed by atoms with Crippen LogP contribution in [0.2, 0.25) is 0 Å². The molecule has 0 aliphatic carbocycles. The van der Waals surface area contributed by atoms with Crippen molar-refractivity contribution in [2.45, 2.75) is 51.6 Å². The average Bonchev–Trinajstić information content (AvgIpc) is 3.15. The van der Waals surface area contributed by atoms with Gasteiger partial charge in [-0.1, -0.05) is 0 Å². The van der Waals surface area contributed by atoms with Gasteiger partial charge in [0.1, 0.15) is 5.01 Å². The molecule has 3 heterocycles. The predicted molar refractivity (Wildman–Crippen MR) is 85.4 cm³/mol. The van der Waals surface area contributed by atoms with E-state index in [9.17, 15) is 9.59 Å². The van der Waals surface area contributed by atoms with E-state index in [-0.39, 0.29) is 29.8 Å². The van der Waals surface area contributed by atoms with Crippen molar-refractivity contribution in [3.8, 4) is 0 Å². The molecule has 6 heteroatoms. The van der Waals surface area contributed by atoms with Crippen LogP contribution in [-0.4, -0.2) is 45.7 Å². The fourth-order valence-corrected chi connectivity index (χ4v) is 4.27. The number of rotatable bonds is 3. The lowest BCUT2D eigenvalue weighted by atomic mass is 9.99. The lowest BCUT2D eigenvalue weighted by Gasteiger charge is -2.36. The fraction of sp³-hybridized carbons (Fsp3) is 0.688. The van der Waals surface area contributed by atoms with Gasteiger partial charge in [0.2, 0.25) is 11.8 Å². The van der Waals surface area contributed by atoms with Crippen LogP contribution in [0.15, 0.2) is 11.6 Å². The summed E-state index contributed by atoms with van der Waals surface area (Å²) >= 11 is 1.62. The number of carbonyl (C=O) groups is 2. The maximum Gasteiger partial charge on any atom is 0.228 e. The van der Waals surface area contributed by atoms with E-state index in [4.69, 9.17) is 0 Å². The highest BCUT2D eigenvalue weighted by atomic mass is 32.1. The van der Waals surface area contributed by atoms with Crippen molar-refractivity contribution in [2.75, 3.05) is 13.1 Å². The number of nitrogens with zero attached hydrogens (tertiary/aromatic N) is 3. The standard InChI is InChI=1S/C16H23N3O2S/c1-11(2)19-10-12(9-14(19)20)16(21)18-7-4-3-5-13(18)15-17-6-8-22-15/h6,8,11-13H,3-5,7,9-10H2,1-2H3. The number of thiazole rings is 1. The topological polar surface area (TPSA) is 53.5 Å². The Morgan fingerprint density at radius 1 is 1.41 bits per heavy atom. The first-order valence-electron chi connectivity index (χ1n) is 8.07. The fourth-order valence-electron chi connectivity index (χ4n) is 3.48. The summed E-state index contributed by atoms with van der Waals surface area (Å²) in [5.74, 6) is 0.0584. The maximum atomic E-state index is 12.9. The quantitative estimate of drug-likeness (QED) is 0.859. The zero-order valence-electron chi connectivity index (χ0n) is 13.2. The summed E-state index contributed by atoms with van der Waals surface area (Å²) in [6, 6.07) is 0.269. The molecule has 2 aliphatic rings. The van der Waals surface area contributed by atoms with Gasteiger partial charge in [-0.2, -0.15) is 0 Å². The van der Waals surface area contributed by atoms with Crippen LogP contribution in [-0.2, 0) is 9.59 Å². The highest BCUT2D eigenvalue weighted by molar-refractivity contribution is 7.09. The van der Waals surface area contributed by atoms with Crippen LogP contribution in [0, 0.1) is 5.92 Å². The van der Waals surface area contributed by atoms with Crippen molar-refractivity contribution in [3.63, 3.8) is 0 Å². The first-order valence-corrected chi connectivity index (χ1v) is 8.95. The normalized spacial score (nSPS) is 26.0. The summed E-state index contributed by atoms with van der Waals surface area (Å²) in [5.41, 5.74) is 0. The molecule has 1 aromatic heterocycles. The van der Waals surface area contributed by atoms with Gasteiger partial charge in [0.25, 0.3) is 0 Å². The van der Waals surface area contributed by atoms with Crippen molar-refractivity contribution < 1.29 is 9.59 Å². The van der Waals surface area contributed by atoms with Crippen LogP contribution in [0.3, 0.4) is 0 Å². The summed E-state index contributed by atoms with van der Waals surface area (Å²) in [6.45, 7) is 5.36. The number of hydrogen-bond donors (Lipinski definition) is 0. The number of carbonyl (C=O) groups excluding carboxylic acids is 2. The molecule has 5 nitrogen and oxygen atoms in total. The molecule has 22 heavy (non-hydrogen) atoms. The molecule has 2 saturated heterocycles. The molecular formula is C16H23N3O2S. The molecule has 2 unspecified atom stereocenters. The molecule has 0 N–H and O–H groups in total. The van der Waals surface area contributed by atoms with Gasteiger partial charge in [-0.3, -0.25) is 9.59 Å². The highest BCUT2D eigenvalue weighted by Crippen LogP contribution is 2.34. The summed E-state index contributed by atoms with van der Waals surface area (Å²) in [4.78, 5) is 33.2. The minimum absolute atomic E-state index is 0.101. The monoisotopic (exact) mass is 321 g/mol. The van der Waals surface area contributed by atoms with E-state index < -0.39 is 0 Å². The van der Waals surface area contributed by atoms with Crippen LogP contribution in [0.1, 0.15) is 50.6 Å². The van der Waals surface area contributed by atoms with E-state index in [0.29, 0.717) is 13.0 Å². The molecule has 1 aromatic rings. The van der Waals surface area contributed by atoms with E-state index in [1.165, 1.54) is 0 Å². The minimum atomic E-state index is -0.185. The van der Waals surface area contributed by atoms with E-state index >= 15 is 0 Å². The smallest absolute Gasteiger partial charge is 0.228 e. The van der Waals surface area contributed by atoms with Crippen LogP contribution in [0.4, 0.5) is 0 Å². The number of likely N-dealkylation sites (tertiary alicyclic amines) is 2. The third kappa shape index (κ3) is 2.89. The van der Waals surface area contributed by atoms with Crippen molar-refractivity contribution in [1.82, 2.24) is 14.8 Å². The van der Waals surface area contributed by atoms with Crippen LogP contribution in [0.25, 0.3) is 0 Å². The Balaban J connectivity index is 1.74. The number of aromatic nitrogens is 1. The first-order chi connectivity index (χ1) is 10.6. The summed E-state index contributed by atoms with van der Waals surface area (Å²) in [5, 5.41) is 2.99. The Bertz CT molecular complexity index is 544. The van der Waals surface area contributed by atoms with Crippen LogP contribution in [0.5, 0.6) is 0 Å². The predicted octanol–water partition coefficient (Wildman–Crippen LogP) is 2.45. The van der Waals surface area contributed by atoms with Gasteiger partial charge in [-0.05, 0) is 33.1 Å². The van der Waals surface area contributed by atoms with Crippen molar-refractivity contribution in [2.24, 2.45) is 5.92 Å². The average molecular weight is 321 g/mol. The zero-order chi connectivity index (χ0) is 15.7. The third-order valence-corrected chi connectivity index (χ3v) is 5.53. The Hall–Kier alpha value is -1.43. The molecule has 2 fully saturated rings. The largest absolute Gasteiger partial charge is 0.339 e. The van der Waals surface area contributed by atoms with Crippen molar-refractivity contribution in [3.05, 3.63) is 16.6 Å².